The summed E-state index contributed by atoms with van der Waals surface area (Å²) in [5.74, 6) is -0.0824. The molecule has 2 aromatic carbocycles. The Morgan fingerprint density at radius 1 is 1.11 bits per heavy atom. The highest BCUT2D eigenvalue weighted by Crippen LogP contribution is 2.45. The van der Waals surface area contributed by atoms with Gasteiger partial charge in [0.05, 0.1) is 5.41 Å². The molecule has 1 N–H and O–H groups in total. The molecule has 0 spiro atoms. The summed E-state index contributed by atoms with van der Waals surface area (Å²) >= 11 is 0. The van der Waals surface area contributed by atoms with Gasteiger partial charge >= 0.3 is 0 Å². The molecule has 0 radical (unpaired) electrons. The SMILES string of the molecule is CN1C(=O)[C@@](CC(=O)NC2CCOCC2)(Cc2ccccc2)c2ccccc21. The number of ether oxygens (including phenoxy) is 1. The highest BCUT2D eigenvalue weighted by Gasteiger charge is 2.50. The summed E-state index contributed by atoms with van der Waals surface area (Å²) in [5, 5.41) is 3.13. The molecule has 0 aliphatic carbocycles. The Kier molecular flexibility index (Phi) is 5.18. The van der Waals surface area contributed by atoms with Crippen LogP contribution in [0.1, 0.15) is 30.4 Å². The Morgan fingerprint density at radius 2 is 1.79 bits per heavy atom. The fraction of sp³-hybridized carbons (Fsp3) is 0.391. The quantitative estimate of drug-likeness (QED) is 0.870. The van der Waals surface area contributed by atoms with Gasteiger partial charge in [-0.05, 0) is 36.5 Å². The number of nitrogens with zero attached hydrogens (tertiary/aromatic N) is 1. The number of likely N-dealkylation sites (N-methyl/N-ethyl adjacent to an activating group) is 1. The number of para-hydroxylation sites is 1. The highest BCUT2D eigenvalue weighted by molar-refractivity contribution is 6.09. The van der Waals surface area contributed by atoms with E-state index in [1.54, 1.807) is 11.9 Å². The van der Waals surface area contributed by atoms with Crippen molar-refractivity contribution >= 4 is 17.5 Å². The molecule has 5 heteroatoms. The number of benzene rings is 2. The van der Waals surface area contributed by atoms with Crippen LogP contribution in [0.15, 0.2) is 54.6 Å². The minimum absolute atomic E-state index is 0.0142. The van der Waals surface area contributed by atoms with Gasteiger partial charge in [0.2, 0.25) is 11.8 Å². The van der Waals surface area contributed by atoms with Crippen molar-refractivity contribution in [2.24, 2.45) is 0 Å². The van der Waals surface area contributed by atoms with Gasteiger partial charge in [0.1, 0.15) is 0 Å². The van der Waals surface area contributed by atoms with Crippen LogP contribution < -0.4 is 10.2 Å². The van der Waals surface area contributed by atoms with Crippen LogP contribution in [0.2, 0.25) is 0 Å². The van der Waals surface area contributed by atoms with E-state index in [-0.39, 0.29) is 24.3 Å². The maximum Gasteiger partial charge on any atom is 0.238 e. The van der Waals surface area contributed by atoms with E-state index in [2.05, 4.69) is 5.32 Å². The van der Waals surface area contributed by atoms with E-state index >= 15 is 0 Å². The van der Waals surface area contributed by atoms with Crippen molar-refractivity contribution in [3.8, 4) is 0 Å². The van der Waals surface area contributed by atoms with Crippen molar-refractivity contribution in [3.63, 3.8) is 0 Å². The minimum Gasteiger partial charge on any atom is -0.381 e. The molecule has 2 aromatic rings. The van der Waals surface area contributed by atoms with Crippen molar-refractivity contribution in [2.75, 3.05) is 25.2 Å². The lowest BCUT2D eigenvalue weighted by Gasteiger charge is -2.30. The second-order valence-electron chi connectivity index (χ2n) is 7.76. The normalized spacial score (nSPS) is 22.2. The Balaban J connectivity index is 1.66. The summed E-state index contributed by atoms with van der Waals surface area (Å²) < 4.78 is 5.38. The number of hydrogen-bond donors (Lipinski definition) is 1. The third kappa shape index (κ3) is 3.42. The maximum atomic E-state index is 13.4. The zero-order chi connectivity index (χ0) is 19.6. The lowest BCUT2D eigenvalue weighted by Crippen LogP contribution is -2.47. The molecule has 0 saturated carbocycles. The summed E-state index contributed by atoms with van der Waals surface area (Å²) in [5.41, 5.74) is 2.01. The van der Waals surface area contributed by atoms with Gasteiger partial charge in [-0.2, -0.15) is 0 Å². The average molecular weight is 378 g/mol. The summed E-state index contributed by atoms with van der Waals surface area (Å²) in [6.45, 7) is 1.34. The van der Waals surface area contributed by atoms with E-state index in [9.17, 15) is 9.59 Å². The van der Waals surface area contributed by atoms with Gasteiger partial charge in [-0.25, -0.2) is 0 Å². The molecule has 1 atom stereocenters. The lowest BCUT2D eigenvalue weighted by molar-refractivity contribution is -0.130. The fourth-order valence-corrected chi connectivity index (χ4v) is 4.46. The van der Waals surface area contributed by atoms with Gasteiger partial charge in [-0.15, -0.1) is 0 Å². The van der Waals surface area contributed by atoms with Crippen molar-refractivity contribution in [2.45, 2.75) is 37.1 Å². The number of carbonyl (C=O) groups is 2. The smallest absolute Gasteiger partial charge is 0.238 e. The first kappa shape index (κ1) is 18.7. The van der Waals surface area contributed by atoms with Crippen LogP contribution in [-0.4, -0.2) is 38.1 Å². The monoisotopic (exact) mass is 378 g/mol. The second kappa shape index (κ2) is 7.76. The van der Waals surface area contributed by atoms with Crippen molar-refractivity contribution in [3.05, 3.63) is 65.7 Å². The number of amides is 2. The van der Waals surface area contributed by atoms with Crippen LogP contribution in [0.4, 0.5) is 5.69 Å². The Hall–Kier alpha value is -2.66. The summed E-state index contributed by atoms with van der Waals surface area (Å²) in [7, 11) is 1.80. The Labute approximate surface area is 165 Å². The topological polar surface area (TPSA) is 58.6 Å². The van der Waals surface area contributed by atoms with Gasteiger partial charge in [-0.3, -0.25) is 9.59 Å². The molecule has 146 valence electrons. The van der Waals surface area contributed by atoms with Gasteiger partial charge in [-0.1, -0.05) is 48.5 Å². The first-order chi connectivity index (χ1) is 13.6. The lowest BCUT2D eigenvalue weighted by atomic mass is 9.73. The number of rotatable bonds is 5. The van der Waals surface area contributed by atoms with Crippen molar-refractivity contribution < 1.29 is 14.3 Å². The fourth-order valence-electron chi connectivity index (χ4n) is 4.46. The number of fused-ring (bicyclic) bond motifs is 1. The molecule has 1 saturated heterocycles. The van der Waals surface area contributed by atoms with E-state index < -0.39 is 5.41 Å². The van der Waals surface area contributed by atoms with E-state index in [1.807, 2.05) is 54.6 Å². The largest absolute Gasteiger partial charge is 0.381 e. The van der Waals surface area contributed by atoms with E-state index in [0.29, 0.717) is 19.6 Å². The van der Waals surface area contributed by atoms with E-state index in [4.69, 9.17) is 4.74 Å². The third-order valence-corrected chi connectivity index (χ3v) is 5.89. The number of anilines is 1. The van der Waals surface area contributed by atoms with Crippen molar-refractivity contribution in [1.29, 1.82) is 0 Å². The molecule has 5 nitrogen and oxygen atoms in total. The molecule has 1 fully saturated rings. The van der Waals surface area contributed by atoms with E-state index in [0.717, 1.165) is 29.7 Å². The molecule has 4 rings (SSSR count). The molecule has 2 aliphatic heterocycles. The zero-order valence-corrected chi connectivity index (χ0v) is 16.2. The first-order valence-electron chi connectivity index (χ1n) is 9.89. The van der Waals surface area contributed by atoms with Gasteiger partial charge < -0.3 is 15.0 Å². The first-order valence-corrected chi connectivity index (χ1v) is 9.89. The Bertz CT molecular complexity index is 861. The molecule has 0 aromatic heterocycles. The average Bonchev–Trinajstić information content (AvgIpc) is 2.92. The van der Waals surface area contributed by atoms with Crippen LogP contribution in [0, 0.1) is 0 Å². The zero-order valence-electron chi connectivity index (χ0n) is 16.2. The van der Waals surface area contributed by atoms with Crippen LogP contribution in [-0.2, 0) is 26.2 Å². The van der Waals surface area contributed by atoms with Crippen LogP contribution in [0.3, 0.4) is 0 Å². The molecule has 0 unspecified atom stereocenters. The molecular formula is C23H26N2O3. The van der Waals surface area contributed by atoms with Crippen LogP contribution in [0.5, 0.6) is 0 Å². The van der Waals surface area contributed by atoms with E-state index in [1.165, 1.54) is 0 Å². The summed E-state index contributed by atoms with van der Waals surface area (Å²) in [4.78, 5) is 28.1. The highest BCUT2D eigenvalue weighted by atomic mass is 16.5. The van der Waals surface area contributed by atoms with Gasteiger partial charge in [0.15, 0.2) is 0 Å². The van der Waals surface area contributed by atoms with Crippen LogP contribution >= 0.6 is 0 Å². The molecule has 2 amide bonds. The van der Waals surface area contributed by atoms with Crippen LogP contribution in [0.25, 0.3) is 0 Å². The molecule has 0 bridgehead atoms. The number of hydrogen-bond acceptors (Lipinski definition) is 3. The molecule has 28 heavy (non-hydrogen) atoms. The second-order valence-corrected chi connectivity index (χ2v) is 7.76. The molecule has 2 aliphatic rings. The summed E-state index contributed by atoms with van der Waals surface area (Å²) in [6.07, 6.45) is 2.30. The van der Waals surface area contributed by atoms with Gasteiger partial charge in [0, 0.05) is 38.4 Å². The molecular weight excluding hydrogens is 352 g/mol. The minimum atomic E-state index is -0.873. The number of nitrogens with one attached hydrogen (secondary N) is 1. The maximum absolute atomic E-state index is 13.4. The predicted octanol–water partition coefficient (Wildman–Crippen LogP) is 2.83. The standard InChI is InChI=1S/C23H26N2O3/c1-25-20-10-6-5-9-19(20)23(22(25)27,15-17-7-3-2-4-8-17)16-21(26)24-18-11-13-28-14-12-18/h2-10,18H,11-16H2,1H3,(H,24,26)/t23-/m1/s1. The Morgan fingerprint density at radius 3 is 2.54 bits per heavy atom. The third-order valence-electron chi connectivity index (χ3n) is 5.89. The van der Waals surface area contributed by atoms with Crippen molar-refractivity contribution in [1.82, 2.24) is 5.32 Å². The summed E-state index contributed by atoms with van der Waals surface area (Å²) in [6, 6.07) is 17.9. The van der Waals surface area contributed by atoms with Gasteiger partial charge in [0.25, 0.3) is 0 Å². The molecule has 2 heterocycles. The predicted molar refractivity (Wildman–Crippen MR) is 108 cm³/mol. The number of carbonyl (C=O) groups excluding carboxylic acids is 2.